The quantitative estimate of drug-likeness (QED) is 0.443. The van der Waals surface area contributed by atoms with Crippen molar-refractivity contribution in [2.24, 2.45) is 0 Å². The summed E-state index contributed by atoms with van der Waals surface area (Å²) in [5.41, 5.74) is 1.23. The van der Waals surface area contributed by atoms with E-state index < -0.39 is 0 Å². The number of hydrogen-bond donors (Lipinski definition) is 1. The number of hydrogen-bond acceptors (Lipinski definition) is 4. The van der Waals surface area contributed by atoms with Gasteiger partial charge in [-0.25, -0.2) is 0 Å². The van der Waals surface area contributed by atoms with Crippen molar-refractivity contribution < 1.29 is 4.92 Å². The molecule has 0 unspecified atom stereocenters. The predicted octanol–water partition coefficient (Wildman–Crippen LogP) is 2.17. The van der Waals surface area contributed by atoms with Crippen LogP contribution in [0.5, 0.6) is 0 Å². The Labute approximate surface area is 113 Å². The lowest BCUT2D eigenvalue weighted by molar-refractivity contribution is -0.384. The molecule has 0 saturated heterocycles. The second-order valence-corrected chi connectivity index (χ2v) is 4.96. The number of nitro groups is 1. The molecule has 0 amide bonds. The van der Waals surface area contributed by atoms with Gasteiger partial charge < -0.3 is 5.32 Å². The fraction of sp³-hybridized carbons (Fsp3) is 0.571. The van der Waals surface area contributed by atoms with Crippen LogP contribution in [0.4, 0.5) is 5.69 Å². The molecule has 0 radical (unpaired) electrons. The molecular formula is C14H21N3O2. The molecule has 0 atom stereocenters. The van der Waals surface area contributed by atoms with Crippen molar-refractivity contribution in [3.63, 3.8) is 0 Å². The zero-order chi connectivity index (χ0) is 13.7. The molecule has 0 bridgehead atoms. The molecule has 1 saturated carbocycles. The molecule has 5 nitrogen and oxygen atoms in total. The van der Waals surface area contributed by atoms with Crippen molar-refractivity contribution in [3.8, 4) is 0 Å². The maximum Gasteiger partial charge on any atom is 0.269 e. The van der Waals surface area contributed by atoms with E-state index in [1.54, 1.807) is 12.1 Å². The van der Waals surface area contributed by atoms with Crippen LogP contribution < -0.4 is 5.32 Å². The molecule has 1 aliphatic carbocycles. The molecule has 1 aromatic rings. The van der Waals surface area contributed by atoms with E-state index in [1.807, 2.05) is 12.1 Å². The van der Waals surface area contributed by atoms with Crippen molar-refractivity contribution in [2.75, 3.05) is 19.6 Å². The predicted molar refractivity (Wildman–Crippen MR) is 75.1 cm³/mol. The summed E-state index contributed by atoms with van der Waals surface area (Å²) in [4.78, 5) is 12.7. The van der Waals surface area contributed by atoms with Gasteiger partial charge in [0.25, 0.3) is 5.69 Å². The first-order chi connectivity index (χ1) is 9.20. The standard InChI is InChI=1S/C14H21N3O2/c1-2-16(13-7-8-13)10-9-15-11-12-3-5-14(6-4-12)17(18)19/h3-6,13,15H,2,7-11H2,1H3. The van der Waals surface area contributed by atoms with Crippen molar-refractivity contribution in [1.29, 1.82) is 0 Å². The molecular weight excluding hydrogens is 242 g/mol. The second kappa shape index (κ2) is 6.63. The van der Waals surface area contributed by atoms with Gasteiger partial charge >= 0.3 is 0 Å². The highest BCUT2D eigenvalue weighted by Crippen LogP contribution is 2.25. The van der Waals surface area contributed by atoms with Gasteiger partial charge in [0.2, 0.25) is 0 Å². The van der Waals surface area contributed by atoms with E-state index >= 15 is 0 Å². The fourth-order valence-electron chi connectivity index (χ4n) is 2.23. The van der Waals surface area contributed by atoms with Gasteiger partial charge in [-0.2, -0.15) is 0 Å². The van der Waals surface area contributed by atoms with E-state index in [4.69, 9.17) is 0 Å². The summed E-state index contributed by atoms with van der Waals surface area (Å²) in [6.07, 6.45) is 2.69. The van der Waals surface area contributed by atoms with Crippen molar-refractivity contribution in [2.45, 2.75) is 32.4 Å². The van der Waals surface area contributed by atoms with Crippen LogP contribution in [0, 0.1) is 10.1 Å². The molecule has 104 valence electrons. The first-order valence-electron chi connectivity index (χ1n) is 6.89. The van der Waals surface area contributed by atoms with Gasteiger partial charge in [0.1, 0.15) is 0 Å². The van der Waals surface area contributed by atoms with Gasteiger partial charge in [-0.05, 0) is 24.9 Å². The number of likely N-dealkylation sites (N-methyl/N-ethyl adjacent to an activating group) is 1. The highest BCUT2D eigenvalue weighted by molar-refractivity contribution is 5.32. The highest BCUT2D eigenvalue weighted by Gasteiger charge is 2.26. The van der Waals surface area contributed by atoms with Gasteiger partial charge in [0, 0.05) is 37.8 Å². The van der Waals surface area contributed by atoms with Crippen LogP contribution >= 0.6 is 0 Å². The lowest BCUT2D eigenvalue weighted by atomic mass is 10.2. The zero-order valence-electron chi connectivity index (χ0n) is 11.3. The Bertz CT molecular complexity index is 415. The number of rotatable bonds is 8. The Morgan fingerprint density at radius 3 is 2.58 bits per heavy atom. The number of non-ortho nitro benzene ring substituents is 1. The lowest BCUT2D eigenvalue weighted by Gasteiger charge is -2.19. The molecule has 0 aromatic heterocycles. The third kappa shape index (κ3) is 4.29. The number of benzene rings is 1. The maximum atomic E-state index is 10.5. The molecule has 5 heteroatoms. The molecule has 1 aromatic carbocycles. The van der Waals surface area contributed by atoms with Gasteiger partial charge in [0.15, 0.2) is 0 Å². The van der Waals surface area contributed by atoms with Crippen LogP contribution in [0.2, 0.25) is 0 Å². The van der Waals surface area contributed by atoms with Crippen LogP contribution in [0.1, 0.15) is 25.3 Å². The van der Waals surface area contributed by atoms with Crippen LogP contribution in [0.3, 0.4) is 0 Å². The second-order valence-electron chi connectivity index (χ2n) is 4.96. The van der Waals surface area contributed by atoms with E-state index in [9.17, 15) is 10.1 Å². The lowest BCUT2D eigenvalue weighted by Crippen LogP contribution is -2.33. The van der Waals surface area contributed by atoms with Crippen LogP contribution in [-0.4, -0.2) is 35.5 Å². The van der Waals surface area contributed by atoms with Crippen LogP contribution in [0.25, 0.3) is 0 Å². The molecule has 0 spiro atoms. The minimum Gasteiger partial charge on any atom is -0.311 e. The van der Waals surface area contributed by atoms with Gasteiger partial charge in [-0.15, -0.1) is 0 Å². The van der Waals surface area contributed by atoms with Crippen LogP contribution in [-0.2, 0) is 6.54 Å². The third-order valence-electron chi connectivity index (χ3n) is 3.52. The zero-order valence-corrected chi connectivity index (χ0v) is 11.3. The normalized spacial score (nSPS) is 14.8. The minimum absolute atomic E-state index is 0.148. The Balaban J connectivity index is 1.68. The maximum absolute atomic E-state index is 10.5. The molecule has 0 heterocycles. The highest BCUT2D eigenvalue weighted by atomic mass is 16.6. The summed E-state index contributed by atoms with van der Waals surface area (Å²) in [6.45, 7) is 6.12. The monoisotopic (exact) mass is 263 g/mol. The number of nitrogens with zero attached hydrogens (tertiary/aromatic N) is 2. The number of nitro benzene ring substituents is 1. The fourth-order valence-corrected chi connectivity index (χ4v) is 2.23. The first-order valence-corrected chi connectivity index (χ1v) is 6.89. The van der Waals surface area contributed by atoms with Gasteiger partial charge in [-0.1, -0.05) is 19.1 Å². The SMILES string of the molecule is CCN(CCNCc1ccc([N+](=O)[O-])cc1)C1CC1. The molecule has 1 N–H and O–H groups in total. The molecule has 19 heavy (non-hydrogen) atoms. The van der Waals surface area contributed by atoms with Gasteiger partial charge in [0.05, 0.1) is 4.92 Å². The Hall–Kier alpha value is -1.46. The van der Waals surface area contributed by atoms with Crippen molar-refractivity contribution in [1.82, 2.24) is 10.2 Å². The smallest absolute Gasteiger partial charge is 0.269 e. The van der Waals surface area contributed by atoms with Crippen LogP contribution in [0.15, 0.2) is 24.3 Å². The van der Waals surface area contributed by atoms with Crippen molar-refractivity contribution >= 4 is 5.69 Å². The van der Waals surface area contributed by atoms with E-state index in [2.05, 4.69) is 17.1 Å². The minimum atomic E-state index is -0.369. The summed E-state index contributed by atoms with van der Waals surface area (Å²) in [6, 6.07) is 7.54. The Morgan fingerprint density at radius 1 is 1.37 bits per heavy atom. The largest absolute Gasteiger partial charge is 0.311 e. The summed E-state index contributed by atoms with van der Waals surface area (Å²) < 4.78 is 0. The topological polar surface area (TPSA) is 58.4 Å². The molecule has 2 rings (SSSR count). The molecule has 1 aliphatic rings. The Morgan fingerprint density at radius 2 is 2.05 bits per heavy atom. The first kappa shape index (κ1) is 14.0. The molecule has 1 fully saturated rings. The molecule has 0 aliphatic heterocycles. The summed E-state index contributed by atoms with van der Waals surface area (Å²) in [7, 11) is 0. The third-order valence-corrected chi connectivity index (χ3v) is 3.52. The summed E-state index contributed by atoms with van der Waals surface area (Å²) in [5, 5.41) is 13.9. The van der Waals surface area contributed by atoms with Gasteiger partial charge in [-0.3, -0.25) is 15.0 Å². The van der Waals surface area contributed by atoms with E-state index in [0.717, 1.165) is 37.8 Å². The summed E-state index contributed by atoms with van der Waals surface area (Å²) in [5.74, 6) is 0. The average molecular weight is 263 g/mol. The van der Waals surface area contributed by atoms with E-state index in [0.29, 0.717) is 0 Å². The van der Waals surface area contributed by atoms with E-state index in [1.165, 1.54) is 12.8 Å². The van der Waals surface area contributed by atoms with Crippen molar-refractivity contribution in [3.05, 3.63) is 39.9 Å². The summed E-state index contributed by atoms with van der Waals surface area (Å²) >= 11 is 0. The average Bonchev–Trinajstić information content (AvgIpc) is 3.24. The number of nitrogens with one attached hydrogen (secondary N) is 1. The van der Waals surface area contributed by atoms with E-state index in [-0.39, 0.29) is 10.6 Å². The Kier molecular flexibility index (Phi) is 4.87.